The first-order valence-corrected chi connectivity index (χ1v) is 10.3. The highest BCUT2D eigenvalue weighted by Gasteiger charge is 2.24. The van der Waals surface area contributed by atoms with Crippen molar-refractivity contribution in [2.75, 3.05) is 38.5 Å². The molecular weight excluding hydrogens is 465 g/mol. The lowest BCUT2D eigenvalue weighted by Crippen LogP contribution is -2.42. The van der Waals surface area contributed by atoms with Crippen LogP contribution in [0.4, 0.5) is 5.69 Å². The van der Waals surface area contributed by atoms with Crippen molar-refractivity contribution in [2.45, 2.75) is 51.0 Å². The highest BCUT2D eigenvalue weighted by molar-refractivity contribution is 14.0. The van der Waals surface area contributed by atoms with Crippen molar-refractivity contribution in [3.63, 3.8) is 0 Å². The molecule has 1 aliphatic carbocycles. The number of carbonyl (C=O) groups excluding carboxylic acids is 1. The lowest BCUT2D eigenvalue weighted by atomic mass is 9.91. The van der Waals surface area contributed by atoms with Gasteiger partial charge >= 0.3 is 0 Å². The summed E-state index contributed by atoms with van der Waals surface area (Å²) in [5.74, 6) is 1.04. The number of amides is 1. The molecule has 3 rings (SSSR count). The summed E-state index contributed by atoms with van der Waals surface area (Å²) >= 11 is 0. The van der Waals surface area contributed by atoms with Crippen LogP contribution < -0.4 is 16.0 Å². The van der Waals surface area contributed by atoms with Gasteiger partial charge in [-0.15, -0.1) is 24.0 Å². The summed E-state index contributed by atoms with van der Waals surface area (Å²) in [4.78, 5) is 19.2. The van der Waals surface area contributed by atoms with Crippen LogP contribution >= 0.6 is 24.0 Å². The van der Waals surface area contributed by atoms with Crippen molar-refractivity contribution in [1.29, 1.82) is 0 Å². The Morgan fingerprint density at radius 2 is 2.00 bits per heavy atom. The smallest absolute Gasteiger partial charge is 0.225 e. The van der Waals surface area contributed by atoms with Gasteiger partial charge in [0.05, 0.1) is 6.54 Å². The van der Waals surface area contributed by atoms with Gasteiger partial charge in [0.15, 0.2) is 5.96 Å². The molecule has 7 heteroatoms. The van der Waals surface area contributed by atoms with Crippen molar-refractivity contribution in [1.82, 2.24) is 15.5 Å². The maximum atomic E-state index is 12.0. The van der Waals surface area contributed by atoms with Gasteiger partial charge in [0.25, 0.3) is 0 Å². The number of para-hydroxylation sites is 1. The number of fused-ring (bicyclic) bond motifs is 1. The maximum absolute atomic E-state index is 12.0. The molecule has 28 heavy (non-hydrogen) atoms. The Morgan fingerprint density at radius 3 is 2.75 bits per heavy atom. The van der Waals surface area contributed by atoms with Gasteiger partial charge in [0, 0.05) is 43.7 Å². The predicted molar refractivity (Wildman–Crippen MR) is 127 cm³/mol. The Balaban J connectivity index is 0.00000280. The van der Waals surface area contributed by atoms with E-state index in [1.54, 1.807) is 0 Å². The van der Waals surface area contributed by atoms with E-state index in [0.29, 0.717) is 13.0 Å². The van der Waals surface area contributed by atoms with Crippen LogP contribution in [0.5, 0.6) is 0 Å². The number of likely N-dealkylation sites (N-methyl/N-ethyl adjacent to an activating group) is 1. The summed E-state index contributed by atoms with van der Waals surface area (Å²) in [5.41, 5.74) is 2.10. The number of nitrogens with one attached hydrogen (secondary N) is 3. The van der Waals surface area contributed by atoms with Crippen molar-refractivity contribution < 1.29 is 4.79 Å². The molecule has 0 radical (unpaired) electrons. The van der Waals surface area contributed by atoms with E-state index in [1.807, 2.05) is 18.2 Å². The summed E-state index contributed by atoms with van der Waals surface area (Å²) in [5, 5.41) is 9.72. The summed E-state index contributed by atoms with van der Waals surface area (Å²) < 4.78 is 0. The minimum atomic E-state index is 0. The third kappa shape index (κ3) is 6.34. The van der Waals surface area contributed by atoms with Gasteiger partial charge in [-0.1, -0.05) is 31.0 Å². The third-order valence-corrected chi connectivity index (χ3v) is 5.63. The molecular formula is C21H34IN5O. The third-order valence-electron chi connectivity index (χ3n) is 5.63. The average Bonchev–Trinajstić information content (AvgIpc) is 3.20. The molecule has 0 spiro atoms. The van der Waals surface area contributed by atoms with Gasteiger partial charge in [-0.3, -0.25) is 9.79 Å². The second kappa shape index (κ2) is 11.6. The van der Waals surface area contributed by atoms with E-state index in [2.05, 4.69) is 40.9 Å². The summed E-state index contributed by atoms with van der Waals surface area (Å²) in [6.07, 6.45) is 5.87. The molecule has 1 aromatic rings. The molecule has 1 aliphatic heterocycles. The Hall–Kier alpha value is -1.35. The van der Waals surface area contributed by atoms with E-state index in [0.717, 1.165) is 37.3 Å². The van der Waals surface area contributed by atoms with Crippen LogP contribution in [-0.2, 0) is 4.79 Å². The van der Waals surface area contributed by atoms with Crippen molar-refractivity contribution >= 4 is 41.5 Å². The highest BCUT2D eigenvalue weighted by Crippen LogP contribution is 2.31. The topological polar surface area (TPSA) is 68.8 Å². The second-order valence-electron chi connectivity index (χ2n) is 7.60. The van der Waals surface area contributed by atoms with Crippen LogP contribution in [-0.4, -0.2) is 56.0 Å². The number of anilines is 1. The van der Waals surface area contributed by atoms with Crippen LogP contribution in [0.25, 0.3) is 0 Å². The Labute approximate surface area is 186 Å². The average molecular weight is 499 g/mol. The Morgan fingerprint density at radius 1 is 1.25 bits per heavy atom. The van der Waals surface area contributed by atoms with E-state index in [-0.39, 0.29) is 35.8 Å². The van der Waals surface area contributed by atoms with Crippen molar-refractivity contribution in [2.24, 2.45) is 4.99 Å². The first-order valence-electron chi connectivity index (χ1n) is 10.3. The first kappa shape index (κ1) is 22.9. The van der Waals surface area contributed by atoms with Crippen LogP contribution in [0.1, 0.15) is 50.5 Å². The minimum absolute atomic E-state index is 0. The zero-order chi connectivity index (χ0) is 19.1. The van der Waals surface area contributed by atoms with Crippen LogP contribution in [0.15, 0.2) is 29.3 Å². The Bertz CT molecular complexity index is 660. The standard InChI is InChI=1S/C21H33N5O.HI/c1-3-22-21(23-12-13-26(2)17-8-4-5-9-17)24-15-16-14-20(27)25-19-11-7-6-10-18(16)19;/h6-7,10-11,16-17H,3-5,8-9,12-15H2,1-2H3,(H,25,27)(H2,22,23,24);1H. The van der Waals surface area contributed by atoms with E-state index in [4.69, 9.17) is 4.99 Å². The number of halogens is 1. The maximum Gasteiger partial charge on any atom is 0.225 e. The van der Waals surface area contributed by atoms with E-state index in [9.17, 15) is 4.79 Å². The minimum Gasteiger partial charge on any atom is -0.357 e. The highest BCUT2D eigenvalue weighted by atomic mass is 127. The van der Waals surface area contributed by atoms with E-state index in [1.165, 1.54) is 31.2 Å². The lowest BCUT2D eigenvalue weighted by Gasteiger charge is -2.25. The van der Waals surface area contributed by atoms with E-state index < -0.39 is 0 Å². The van der Waals surface area contributed by atoms with Gasteiger partial charge < -0.3 is 20.9 Å². The molecule has 1 amide bonds. The van der Waals surface area contributed by atoms with E-state index >= 15 is 0 Å². The van der Waals surface area contributed by atoms with Gasteiger partial charge in [-0.05, 0) is 38.4 Å². The number of hydrogen-bond acceptors (Lipinski definition) is 3. The normalized spacial score (nSPS) is 19.8. The molecule has 1 saturated carbocycles. The second-order valence-corrected chi connectivity index (χ2v) is 7.60. The monoisotopic (exact) mass is 499 g/mol. The molecule has 6 nitrogen and oxygen atoms in total. The molecule has 0 bridgehead atoms. The lowest BCUT2D eigenvalue weighted by molar-refractivity contribution is -0.116. The summed E-state index contributed by atoms with van der Waals surface area (Å²) in [6, 6.07) is 8.77. The van der Waals surface area contributed by atoms with Gasteiger partial charge in [0.1, 0.15) is 0 Å². The molecule has 2 aliphatic rings. The number of rotatable bonds is 7. The van der Waals surface area contributed by atoms with Crippen LogP contribution in [0.3, 0.4) is 0 Å². The number of guanidine groups is 1. The fourth-order valence-electron chi connectivity index (χ4n) is 4.09. The van der Waals surface area contributed by atoms with Crippen LogP contribution in [0, 0.1) is 0 Å². The van der Waals surface area contributed by atoms with Crippen molar-refractivity contribution in [3.05, 3.63) is 29.8 Å². The molecule has 1 heterocycles. The zero-order valence-corrected chi connectivity index (χ0v) is 19.4. The first-order chi connectivity index (χ1) is 13.2. The van der Waals surface area contributed by atoms with Gasteiger partial charge in [-0.2, -0.15) is 0 Å². The SMILES string of the molecule is CCNC(=NCC1CC(=O)Nc2ccccc21)NCCN(C)C1CCCC1.I. The largest absolute Gasteiger partial charge is 0.357 e. The molecule has 1 unspecified atom stereocenters. The fraction of sp³-hybridized carbons (Fsp3) is 0.619. The zero-order valence-electron chi connectivity index (χ0n) is 17.0. The molecule has 1 fully saturated rings. The van der Waals surface area contributed by atoms with Gasteiger partial charge in [0.2, 0.25) is 5.91 Å². The van der Waals surface area contributed by atoms with Gasteiger partial charge in [-0.25, -0.2) is 0 Å². The number of nitrogens with zero attached hydrogens (tertiary/aromatic N) is 2. The number of benzene rings is 1. The quantitative estimate of drug-likeness (QED) is 0.306. The number of carbonyl (C=O) groups is 1. The molecule has 0 aromatic heterocycles. The number of hydrogen-bond donors (Lipinski definition) is 3. The number of aliphatic imine (C=N–C) groups is 1. The van der Waals surface area contributed by atoms with Crippen molar-refractivity contribution in [3.8, 4) is 0 Å². The van der Waals surface area contributed by atoms with Crippen LogP contribution in [0.2, 0.25) is 0 Å². The molecule has 0 saturated heterocycles. The summed E-state index contributed by atoms with van der Waals surface area (Å²) in [6.45, 7) is 5.40. The summed E-state index contributed by atoms with van der Waals surface area (Å²) in [7, 11) is 2.22. The molecule has 3 N–H and O–H groups in total. The molecule has 1 atom stereocenters. The fourth-order valence-corrected chi connectivity index (χ4v) is 4.09. The Kier molecular flexibility index (Phi) is 9.50. The molecule has 156 valence electrons. The predicted octanol–water partition coefficient (Wildman–Crippen LogP) is 3.16. The molecule has 1 aromatic carbocycles.